The molecule has 0 amide bonds. The molecule has 5 nitrogen and oxygen atoms in total. The van der Waals surface area contributed by atoms with Crippen LogP contribution >= 0.6 is 0 Å². The highest BCUT2D eigenvalue weighted by atomic mass is 15.3. The topological polar surface area (TPSA) is 46.8 Å². The molecule has 2 aliphatic rings. The minimum atomic E-state index is 0.683. The number of rotatable bonds is 2. The highest BCUT2D eigenvalue weighted by Crippen LogP contribution is 2.40. The molecule has 1 aliphatic carbocycles. The number of anilines is 1. The van der Waals surface area contributed by atoms with Crippen molar-refractivity contribution in [2.45, 2.75) is 51.6 Å². The van der Waals surface area contributed by atoms with Crippen molar-refractivity contribution >= 4 is 17.0 Å². The maximum absolute atomic E-state index is 4.55. The Kier molecular flexibility index (Phi) is 2.86. The van der Waals surface area contributed by atoms with E-state index in [1.165, 1.54) is 32.1 Å². The first-order valence-corrected chi connectivity index (χ1v) is 7.81. The van der Waals surface area contributed by atoms with Gasteiger partial charge in [0.2, 0.25) is 0 Å². The highest BCUT2D eigenvalue weighted by molar-refractivity contribution is 5.84. The molecule has 20 heavy (non-hydrogen) atoms. The summed E-state index contributed by atoms with van der Waals surface area (Å²) in [5, 5.41) is 0. The summed E-state index contributed by atoms with van der Waals surface area (Å²) in [5.74, 6) is 1.92. The molecule has 1 saturated carbocycles. The minimum absolute atomic E-state index is 0.683. The summed E-state index contributed by atoms with van der Waals surface area (Å²) in [5.41, 5.74) is 1.94. The quantitative estimate of drug-likeness (QED) is 0.842. The number of aromatic nitrogens is 4. The molecule has 2 atom stereocenters. The molecule has 2 aromatic heterocycles. The van der Waals surface area contributed by atoms with Gasteiger partial charge in [-0.2, -0.15) is 0 Å². The van der Waals surface area contributed by atoms with Crippen LogP contribution in [-0.4, -0.2) is 32.1 Å². The van der Waals surface area contributed by atoms with Crippen LogP contribution in [0.15, 0.2) is 12.7 Å². The molecule has 2 fully saturated rings. The van der Waals surface area contributed by atoms with E-state index in [0.29, 0.717) is 6.04 Å². The van der Waals surface area contributed by atoms with E-state index in [1.807, 2.05) is 6.33 Å². The third-order valence-corrected chi connectivity index (χ3v) is 4.95. The zero-order valence-electron chi connectivity index (χ0n) is 12.0. The van der Waals surface area contributed by atoms with Gasteiger partial charge in [0.1, 0.15) is 6.33 Å². The number of hydrogen-bond acceptors (Lipinski definition) is 4. The Labute approximate surface area is 119 Å². The fraction of sp³-hybridized carbons (Fsp3) is 0.667. The average molecular weight is 271 g/mol. The van der Waals surface area contributed by atoms with Gasteiger partial charge >= 0.3 is 0 Å². The van der Waals surface area contributed by atoms with Crippen molar-refractivity contribution in [3.8, 4) is 0 Å². The van der Waals surface area contributed by atoms with Crippen LogP contribution in [-0.2, 0) is 6.54 Å². The van der Waals surface area contributed by atoms with Gasteiger partial charge in [-0.05, 0) is 25.7 Å². The van der Waals surface area contributed by atoms with Crippen molar-refractivity contribution in [1.82, 2.24) is 19.5 Å². The Morgan fingerprint density at radius 2 is 2.05 bits per heavy atom. The first kappa shape index (κ1) is 12.1. The number of nitrogens with zero attached hydrogens (tertiary/aromatic N) is 5. The summed E-state index contributed by atoms with van der Waals surface area (Å²) in [4.78, 5) is 16.0. The number of hydrogen-bond donors (Lipinski definition) is 0. The summed E-state index contributed by atoms with van der Waals surface area (Å²) in [6.07, 6.45) is 10.4. The lowest BCUT2D eigenvalue weighted by atomic mass is 9.84. The lowest BCUT2D eigenvalue weighted by Crippen LogP contribution is -2.56. The standard InChI is InChI=1S/C15H21N5/c1-2-19-10-18-13-14(19)16-9-17-15(13)20-8-11-6-4-3-5-7-12(11)20/h9-12H,2-8H2,1H3/t11-,12+/m0/s1. The van der Waals surface area contributed by atoms with Gasteiger partial charge in [0, 0.05) is 19.1 Å². The van der Waals surface area contributed by atoms with E-state index in [1.54, 1.807) is 6.33 Å². The van der Waals surface area contributed by atoms with Crippen molar-refractivity contribution in [1.29, 1.82) is 0 Å². The van der Waals surface area contributed by atoms with Crippen molar-refractivity contribution in [3.63, 3.8) is 0 Å². The lowest BCUT2D eigenvalue weighted by Gasteiger charge is -2.48. The van der Waals surface area contributed by atoms with Crippen LogP contribution in [0.2, 0.25) is 0 Å². The van der Waals surface area contributed by atoms with Crippen LogP contribution in [0.25, 0.3) is 11.2 Å². The van der Waals surface area contributed by atoms with Crippen LogP contribution in [0.5, 0.6) is 0 Å². The summed E-state index contributed by atoms with van der Waals surface area (Å²) >= 11 is 0. The summed E-state index contributed by atoms with van der Waals surface area (Å²) in [6, 6.07) is 0.683. The Morgan fingerprint density at radius 3 is 2.95 bits per heavy atom. The van der Waals surface area contributed by atoms with Crippen LogP contribution in [0, 0.1) is 5.92 Å². The van der Waals surface area contributed by atoms with E-state index in [0.717, 1.165) is 36.0 Å². The van der Waals surface area contributed by atoms with Crippen LogP contribution in [0.4, 0.5) is 5.82 Å². The Morgan fingerprint density at radius 1 is 1.15 bits per heavy atom. The monoisotopic (exact) mass is 271 g/mol. The van der Waals surface area contributed by atoms with Crippen molar-refractivity contribution in [2.24, 2.45) is 5.92 Å². The van der Waals surface area contributed by atoms with E-state index in [-0.39, 0.29) is 0 Å². The van der Waals surface area contributed by atoms with Crippen molar-refractivity contribution in [2.75, 3.05) is 11.4 Å². The zero-order chi connectivity index (χ0) is 13.5. The fourth-order valence-corrected chi connectivity index (χ4v) is 3.79. The molecule has 4 rings (SSSR count). The molecule has 1 saturated heterocycles. The molecule has 0 N–H and O–H groups in total. The van der Waals surface area contributed by atoms with Gasteiger partial charge in [-0.15, -0.1) is 0 Å². The molecule has 5 heteroatoms. The van der Waals surface area contributed by atoms with Crippen LogP contribution in [0.1, 0.15) is 39.0 Å². The Balaban J connectivity index is 1.70. The molecule has 0 radical (unpaired) electrons. The molecule has 0 bridgehead atoms. The van der Waals surface area contributed by atoms with Crippen LogP contribution in [0.3, 0.4) is 0 Å². The summed E-state index contributed by atoms with van der Waals surface area (Å²) in [7, 11) is 0. The van der Waals surface area contributed by atoms with E-state index < -0.39 is 0 Å². The van der Waals surface area contributed by atoms with Crippen LogP contribution < -0.4 is 4.90 Å². The molecule has 2 aromatic rings. The van der Waals surface area contributed by atoms with E-state index in [9.17, 15) is 0 Å². The van der Waals surface area contributed by atoms with Gasteiger partial charge in [-0.1, -0.05) is 19.3 Å². The van der Waals surface area contributed by atoms with Gasteiger partial charge in [-0.3, -0.25) is 0 Å². The SMILES string of the molecule is CCn1cnc2c(N3C[C@@H]4CCCCC[C@H]43)ncnc21. The molecule has 1 aliphatic heterocycles. The zero-order valence-corrected chi connectivity index (χ0v) is 12.0. The minimum Gasteiger partial charge on any atom is -0.351 e. The lowest BCUT2D eigenvalue weighted by molar-refractivity contribution is 0.275. The van der Waals surface area contributed by atoms with Gasteiger partial charge in [-0.25, -0.2) is 15.0 Å². The third kappa shape index (κ3) is 1.72. The molecular formula is C15H21N5. The fourth-order valence-electron chi connectivity index (χ4n) is 3.79. The van der Waals surface area contributed by atoms with Gasteiger partial charge < -0.3 is 9.47 Å². The average Bonchev–Trinajstić information content (AvgIpc) is 2.79. The maximum atomic E-state index is 4.55. The van der Waals surface area contributed by atoms with E-state index in [4.69, 9.17) is 0 Å². The largest absolute Gasteiger partial charge is 0.351 e. The van der Waals surface area contributed by atoms with E-state index in [2.05, 4.69) is 31.3 Å². The van der Waals surface area contributed by atoms with Gasteiger partial charge in [0.05, 0.1) is 6.33 Å². The van der Waals surface area contributed by atoms with Gasteiger partial charge in [0.15, 0.2) is 17.0 Å². The predicted molar refractivity (Wildman–Crippen MR) is 78.7 cm³/mol. The number of imidazole rings is 1. The molecular weight excluding hydrogens is 250 g/mol. The molecule has 106 valence electrons. The molecule has 0 aromatic carbocycles. The first-order valence-electron chi connectivity index (χ1n) is 7.81. The van der Waals surface area contributed by atoms with E-state index >= 15 is 0 Å². The molecule has 0 unspecified atom stereocenters. The van der Waals surface area contributed by atoms with Crippen molar-refractivity contribution in [3.05, 3.63) is 12.7 Å². The maximum Gasteiger partial charge on any atom is 0.165 e. The predicted octanol–water partition coefficient (Wildman–Crippen LogP) is 2.62. The molecule has 3 heterocycles. The Hall–Kier alpha value is -1.65. The second-order valence-electron chi connectivity index (χ2n) is 6.02. The van der Waals surface area contributed by atoms with Gasteiger partial charge in [0.25, 0.3) is 0 Å². The third-order valence-electron chi connectivity index (χ3n) is 4.95. The summed E-state index contributed by atoms with van der Waals surface area (Å²) < 4.78 is 2.09. The van der Waals surface area contributed by atoms with Crippen molar-refractivity contribution < 1.29 is 0 Å². The second kappa shape index (κ2) is 4.72. The number of aryl methyl sites for hydroxylation is 1. The molecule has 0 spiro atoms. The second-order valence-corrected chi connectivity index (χ2v) is 6.02. The normalized spacial score (nSPS) is 26.1. The summed E-state index contributed by atoms with van der Waals surface area (Å²) in [6.45, 7) is 4.17. The Bertz CT molecular complexity index is 620. The smallest absolute Gasteiger partial charge is 0.165 e. The first-order chi connectivity index (χ1) is 9.88. The highest BCUT2D eigenvalue weighted by Gasteiger charge is 2.40. The number of fused-ring (bicyclic) bond motifs is 2.